The van der Waals surface area contributed by atoms with E-state index >= 15 is 0 Å². The van der Waals surface area contributed by atoms with E-state index in [-0.39, 0.29) is 12.5 Å². The standard InChI is InChI=1S/C15H20ClNO2S/c16-13-7-1-2-8-14(13)20-11-15(19)17-9-3-5-12(17)6-4-10-18/h1-2,7-8,12,18H,3-6,9-11H2. The van der Waals surface area contributed by atoms with Crippen molar-refractivity contribution < 1.29 is 9.90 Å². The van der Waals surface area contributed by atoms with E-state index in [9.17, 15) is 4.79 Å². The Hall–Kier alpha value is -0.710. The Morgan fingerprint density at radius 2 is 2.25 bits per heavy atom. The summed E-state index contributed by atoms with van der Waals surface area (Å²) >= 11 is 7.59. The van der Waals surface area contributed by atoms with Crippen LogP contribution in [-0.2, 0) is 4.79 Å². The van der Waals surface area contributed by atoms with E-state index in [1.807, 2.05) is 29.2 Å². The van der Waals surface area contributed by atoms with Crippen LogP contribution in [0.25, 0.3) is 0 Å². The predicted molar refractivity (Wildman–Crippen MR) is 83.2 cm³/mol. The molecule has 1 heterocycles. The summed E-state index contributed by atoms with van der Waals surface area (Å²) < 4.78 is 0. The van der Waals surface area contributed by atoms with Crippen molar-refractivity contribution in [2.75, 3.05) is 18.9 Å². The number of amides is 1. The molecule has 1 fully saturated rings. The summed E-state index contributed by atoms with van der Waals surface area (Å²) in [4.78, 5) is 15.2. The smallest absolute Gasteiger partial charge is 0.233 e. The molecule has 5 heteroatoms. The minimum absolute atomic E-state index is 0.176. The monoisotopic (exact) mass is 313 g/mol. The lowest BCUT2D eigenvalue weighted by atomic mass is 10.1. The van der Waals surface area contributed by atoms with Crippen molar-refractivity contribution in [2.45, 2.75) is 36.6 Å². The average Bonchev–Trinajstić information content (AvgIpc) is 2.92. The van der Waals surface area contributed by atoms with Crippen molar-refractivity contribution in [1.29, 1.82) is 0 Å². The van der Waals surface area contributed by atoms with Gasteiger partial charge in [0.15, 0.2) is 0 Å². The number of rotatable bonds is 6. The van der Waals surface area contributed by atoms with Crippen molar-refractivity contribution in [3.63, 3.8) is 0 Å². The van der Waals surface area contributed by atoms with Gasteiger partial charge in [0.1, 0.15) is 0 Å². The normalized spacial score (nSPS) is 18.5. The van der Waals surface area contributed by atoms with E-state index in [2.05, 4.69) is 0 Å². The zero-order valence-electron chi connectivity index (χ0n) is 11.4. The maximum absolute atomic E-state index is 12.3. The van der Waals surface area contributed by atoms with Gasteiger partial charge in [-0.2, -0.15) is 0 Å². The van der Waals surface area contributed by atoms with Crippen molar-refractivity contribution >= 4 is 29.3 Å². The number of aliphatic hydroxyl groups is 1. The van der Waals surface area contributed by atoms with Crippen molar-refractivity contribution in [2.24, 2.45) is 0 Å². The van der Waals surface area contributed by atoms with Crippen LogP contribution < -0.4 is 0 Å². The van der Waals surface area contributed by atoms with Crippen LogP contribution >= 0.6 is 23.4 Å². The first-order valence-electron chi connectivity index (χ1n) is 7.00. The number of carbonyl (C=O) groups is 1. The van der Waals surface area contributed by atoms with Crippen molar-refractivity contribution in [3.8, 4) is 0 Å². The van der Waals surface area contributed by atoms with Gasteiger partial charge in [-0.3, -0.25) is 4.79 Å². The van der Waals surface area contributed by atoms with Gasteiger partial charge in [0.2, 0.25) is 5.91 Å². The third-order valence-corrected chi connectivity index (χ3v) is 5.08. The van der Waals surface area contributed by atoms with Gasteiger partial charge in [0.25, 0.3) is 0 Å². The fourth-order valence-electron chi connectivity index (χ4n) is 2.58. The third-order valence-electron chi connectivity index (χ3n) is 3.58. The molecule has 0 bridgehead atoms. The van der Waals surface area contributed by atoms with Gasteiger partial charge >= 0.3 is 0 Å². The summed E-state index contributed by atoms with van der Waals surface area (Å²) in [6, 6.07) is 7.90. The highest BCUT2D eigenvalue weighted by atomic mass is 35.5. The number of benzene rings is 1. The number of carbonyl (C=O) groups excluding carboxylic acids is 1. The summed E-state index contributed by atoms with van der Waals surface area (Å²) in [7, 11) is 0. The third kappa shape index (κ3) is 4.14. The molecule has 1 aliphatic rings. The molecule has 1 aromatic rings. The zero-order chi connectivity index (χ0) is 14.4. The Morgan fingerprint density at radius 1 is 1.45 bits per heavy atom. The van der Waals surface area contributed by atoms with Gasteiger partial charge < -0.3 is 10.0 Å². The van der Waals surface area contributed by atoms with Crippen LogP contribution in [0, 0.1) is 0 Å². The van der Waals surface area contributed by atoms with E-state index in [0.29, 0.717) is 16.8 Å². The number of hydrogen-bond donors (Lipinski definition) is 1. The molecule has 0 aromatic heterocycles. The number of hydrogen-bond acceptors (Lipinski definition) is 3. The van der Waals surface area contributed by atoms with Crippen molar-refractivity contribution in [3.05, 3.63) is 29.3 Å². The molecule has 1 saturated heterocycles. The molecule has 2 rings (SSSR count). The van der Waals surface area contributed by atoms with Crippen LogP contribution in [0.4, 0.5) is 0 Å². The highest BCUT2D eigenvalue weighted by molar-refractivity contribution is 8.00. The molecule has 1 atom stereocenters. The largest absolute Gasteiger partial charge is 0.396 e. The van der Waals surface area contributed by atoms with E-state index in [0.717, 1.165) is 37.1 Å². The van der Waals surface area contributed by atoms with E-state index in [4.69, 9.17) is 16.7 Å². The lowest BCUT2D eigenvalue weighted by Gasteiger charge is -2.24. The Morgan fingerprint density at radius 3 is 3.00 bits per heavy atom. The number of likely N-dealkylation sites (tertiary alicyclic amines) is 1. The molecule has 110 valence electrons. The molecule has 1 unspecified atom stereocenters. The summed E-state index contributed by atoms with van der Waals surface area (Å²) in [6.45, 7) is 1.05. The highest BCUT2D eigenvalue weighted by Gasteiger charge is 2.27. The van der Waals surface area contributed by atoms with Crippen LogP contribution in [0.3, 0.4) is 0 Å². The topological polar surface area (TPSA) is 40.5 Å². The molecule has 0 saturated carbocycles. The van der Waals surface area contributed by atoms with Crippen LogP contribution in [0.1, 0.15) is 25.7 Å². The highest BCUT2D eigenvalue weighted by Crippen LogP contribution is 2.28. The lowest BCUT2D eigenvalue weighted by Crippen LogP contribution is -2.36. The Balaban J connectivity index is 1.86. The Labute approximate surface area is 129 Å². The molecule has 0 aliphatic carbocycles. The number of nitrogens with zero attached hydrogens (tertiary/aromatic N) is 1. The van der Waals surface area contributed by atoms with Gasteiger partial charge in [0.05, 0.1) is 10.8 Å². The summed E-state index contributed by atoms with van der Waals surface area (Å²) in [5.74, 6) is 0.606. The Kier molecular flexibility index (Phi) is 6.20. The van der Waals surface area contributed by atoms with Gasteiger partial charge in [-0.1, -0.05) is 23.7 Å². The van der Waals surface area contributed by atoms with Crippen molar-refractivity contribution in [1.82, 2.24) is 4.90 Å². The van der Waals surface area contributed by atoms with E-state index in [1.165, 1.54) is 11.8 Å². The van der Waals surface area contributed by atoms with E-state index < -0.39 is 0 Å². The van der Waals surface area contributed by atoms with E-state index in [1.54, 1.807) is 0 Å². The fourth-order valence-corrected chi connectivity index (χ4v) is 3.70. The zero-order valence-corrected chi connectivity index (χ0v) is 13.0. The first kappa shape index (κ1) is 15.7. The molecular weight excluding hydrogens is 294 g/mol. The minimum Gasteiger partial charge on any atom is -0.396 e. The van der Waals surface area contributed by atoms with Crippen LogP contribution in [0.2, 0.25) is 5.02 Å². The predicted octanol–water partition coefficient (Wildman–Crippen LogP) is 3.20. The molecule has 3 nitrogen and oxygen atoms in total. The Bertz CT molecular complexity index is 455. The van der Waals surface area contributed by atoms with Gasteiger partial charge in [-0.15, -0.1) is 11.8 Å². The SMILES string of the molecule is O=C(CSc1ccccc1Cl)N1CCCC1CCCO. The van der Waals surface area contributed by atoms with Gasteiger partial charge in [0, 0.05) is 24.1 Å². The van der Waals surface area contributed by atoms with Crippen LogP contribution in [-0.4, -0.2) is 40.9 Å². The number of halogens is 1. The lowest BCUT2D eigenvalue weighted by molar-refractivity contribution is -0.129. The first-order chi connectivity index (χ1) is 9.72. The second-order valence-electron chi connectivity index (χ2n) is 4.97. The second-order valence-corrected chi connectivity index (χ2v) is 6.39. The molecule has 1 aliphatic heterocycles. The fraction of sp³-hybridized carbons (Fsp3) is 0.533. The summed E-state index contributed by atoms with van der Waals surface area (Å²) in [5, 5.41) is 9.61. The minimum atomic E-state index is 0.176. The second kappa shape index (κ2) is 7.91. The van der Waals surface area contributed by atoms with Gasteiger partial charge in [-0.05, 0) is 37.8 Å². The molecule has 0 radical (unpaired) electrons. The molecular formula is C15H20ClNO2S. The molecule has 0 spiro atoms. The quantitative estimate of drug-likeness (QED) is 0.820. The van der Waals surface area contributed by atoms with Crippen LogP contribution in [0.15, 0.2) is 29.2 Å². The summed E-state index contributed by atoms with van der Waals surface area (Å²) in [6.07, 6.45) is 3.80. The first-order valence-corrected chi connectivity index (χ1v) is 8.36. The number of aliphatic hydroxyl groups excluding tert-OH is 1. The molecule has 1 N–H and O–H groups in total. The maximum atomic E-state index is 12.3. The molecule has 1 amide bonds. The summed E-state index contributed by atoms with van der Waals surface area (Å²) in [5.41, 5.74) is 0. The molecule has 20 heavy (non-hydrogen) atoms. The van der Waals surface area contributed by atoms with Crippen LogP contribution in [0.5, 0.6) is 0 Å². The number of thioether (sulfide) groups is 1. The average molecular weight is 314 g/mol. The van der Waals surface area contributed by atoms with Gasteiger partial charge in [-0.25, -0.2) is 0 Å². The maximum Gasteiger partial charge on any atom is 0.233 e. The molecule has 1 aromatic carbocycles.